The van der Waals surface area contributed by atoms with Gasteiger partial charge < -0.3 is 20.3 Å². The van der Waals surface area contributed by atoms with Crippen LogP contribution in [0.15, 0.2) is 36.4 Å². The SMILES string of the molecule is O=C(COc1ccc(Cl)cc1Cl)Nc1ccc(O)cc1C(=O)O. The van der Waals surface area contributed by atoms with Gasteiger partial charge in [-0.15, -0.1) is 0 Å². The number of benzene rings is 2. The molecular weight excluding hydrogens is 345 g/mol. The fourth-order valence-corrected chi connectivity index (χ4v) is 2.20. The zero-order chi connectivity index (χ0) is 17.0. The van der Waals surface area contributed by atoms with Gasteiger partial charge in [-0.3, -0.25) is 4.79 Å². The third kappa shape index (κ3) is 4.51. The van der Waals surface area contributed by atoms with Crippen LogP contribution in [0.4, 0.5) is 5.69 Å². The first kappa shape index (κ1) is 16.9. The maximum absolute atomic E-state index is 11.9. The summed E-state index contributed by atoms with van der Waals surface area (Å²) in [4.78, 5) is 23.0. The molecule has 2 aromatic rings. The van der Waals surface area contributed by atoms with Gasteiger partial charge in [-0.05, 0) is 36.4 Å². The number of rotatable bonds is 5. The maximum atomic E-state index is 11.9. The average molecular weight is 356 g/mol. The van der Waals surface area contributed by atoms with E-state index in [1.807, 2.05) is 0 Å². The summed E-state index contributed by atoms with van der Waals surface area (Å²) in [5.74, 6) is -1.80. The first-order valence-electron chi connectivity index (χ1n) is 6.31. The molecule has 0 aliphatic carbocycles. The molecular formula is C15H11Cl2NO5. The molecule has 1 amide bonds. The van der Waals surface area contributed by atoms with E-state index in [2.05, 4.69) is 5.32 Å². The lowest BCUT2D eigenvalue weighted by Crippen LogP contribution is -2.21. The normalized spacial score (nSPS) is 10.2. The maximum Gasteiger partial charge on any atom is 0.337 e. The second-order valence-corrected chi connectivity index (χ2v) is 5.29. The molecule has 3 N–H and O–H groups in total. The molecule has 0 fully saturated rings. The van der Waals surface area contributed by atoms with Crippen molar-refractivity contribution in [1.29, 1.82) is 0 Å². The van der Waals surface area contributed by atoms with Crippen molar-refractivity contribution in [2.24, 2.45) is 0 Å². The summed E-state index contributed by atoms with van der Waals surface area (Å²) in [6, 6.07) is 8.13. The number of anilines is 1. The number of nitrogens with one attached hydrogen (secondary N) is 1. The highest BCUT2D eigenvalue weighted by Crippen LogP contribution is 2.27. The Hall–Kier alpha value is -2.44. The molecule has 0 aliphatic heterocycles. The smallest absolute Gasteiger partial charge is 0.337 e. The minimum Gasteiger partial charge on any atom is -0.508 e. The number of ether oxygens (including phenoxy) is 1. The minimum atomic E-state index is -1.28. The molecule has 6 nitrogen and oxygen atoms in total. The largest absolute Gasteiger partial charge is 0.508 e. The predicted molar refractivity (Wildman–Crippen MR) is 85.7 cm³/mol. The van der Waals surface area contributed by atoms with E-state index in [4.69, 9.17) is 33.0 Å². The summed E-state index contributed by atoms with van der Waals surface area (Å²) in [6.07, 6.45) is 0. The Morgan fingerprint density at radius 3 is 2.52 bits per heavy atom. The summed E-state index contributed by atoms with van der Waals surface area (Å²) in [5, 5.41) is 21.4. The van der Waals surface area contributed by atoms with Crippen LogP contribution < -0.4 is 10.1 Å². The van der Waals surface area contributed by atoms with Crippen molar-refractivity contribution in [2.45, 2.75) is 0 Å². The number of amides is 1. The molecule has 2 aromatic carbocycles. The van der Waals surface area contributed by atoms with Crippen molar-refractivity contribution < 1.29 is 24.5 Å². The van der Waals surface area contributed by atoms with E-state index in [1.54, 1.807) is 6.07 Å². The van der Waals surface area contributed by atoms with Gasteiger partial charge in [-0.2, -0.15) is 0 Å². The number of carbonyl (C=O) groups is 2. The van der Waals surface area contributed by atoms with E-state index >= 15 is 0 Å². The van der Waals surface area contributed by atoms with E-state index in [0.29, 0.717) is 5.02 Å². The fourth-order valence-electron chi connectivity index (χ4n) is 1.74. The Bertz CT molecular complexity index is 764. The fraction of sp³-hybridized carbons (Fsp3) is 0.0667. The number of hydrogen-bond acceptors (Lipinski definition) is 4. The van der Waals surface area contributed by atoms with Gasteiger partial charge in [0.05, 0.1) is 16.3 Å². The zero-order valence-electron chi connectivity index (χ0n) is 11.5. The van der Waals surface area contributed by atoms with Gasteiger partial charge in [-0.25, -0.2) is 4.79 Å². The van der Waals surface area contributed by atoms with Gasteiger partial charge in [0, 0.05) is 5.02 Å². The lowest BCUT2D eigenvalue weighted by molar-refractivity contribution is -0.118. The number of carboxylic acids is 1. The third-order valence-corrected chi connectivity index (χ3v) is 3.29. The number of aromatic carboxylic acids is 1. The second-order valence-electron chi connectivity index (χ2n) is 4.45. The summed E-state index contributed by atoms with van der Waals surface area (Å²) >= 11 is 11.7. The van der Waals surface area contributed by atoms with E-state index in [9.17, 15) is 14.7 Å². The zero-order valence-corrected chi connectivity index (χ0v) is 13.1. The minimum absolute atomic E-state index is 0.0473. The van der Waals surface area contributed by atoms with Crippen LogP contribution in [0, 0.1) is 0 Å². The number of carbonyl (C=O) groups excluding carboxylic acids is 1. The van der Waals surface area contributed by atoms with Crippen LogP contribution in [0.3, 0.4) is 0 Å². The lowest BCUT2D eigenvalue weighted by Gasteiger charge is -2.11. The summed E-state index contributed by atoms with van der Waals surface area (Å²) in [7, 11) is 0. The molecule has 0 unspecified atom stereocenters. The molecule has 0 atom stereocenters. The Morgan fingerprint density at radius 1 is 1.13 bits per heavy atom. The van der Waals surface area contributed by atoms with Crippen LogP contribution in [0.5, 0.6) is 11.5 Å². The Labute approximate surface area is 141 Å². The van der Waals surface area contributed by atoms with Crippen molar-refractivity contribution >= 4 is 40.8 Å². The van der Waals surface area contributed by atoms with Crippen LogP contribution >= 0.6 is 23.2 Å². The molecule has 120 valence electrons. The van der Waals surface area contributed by atoms with Crippen molar-refractivity contribution in [3.63, 3.8) is 0 Å². The van der Waals surface area contributed by atoms with E-state index < -0.39 is 11.9 Å². The topological polar surface area (TPSA) is 95.9 Å². The molecule has 0 spiro atoms. The van der Waals surface area contributed by atoms with Crippen LogP contribution in [-0.4, -0.2) is 28.7 Å². The molecule has 0 aliphatic rings. The standard InChI is InChI=1S/C15H11Cl2NO5/c16-8-1-4-13(11(17)5-8)23-7-14(20)18-12-3-2-9(19)6-10(12)15(21)22/h1-6,19H,7H2,(H,18,20)(H,21,22). The number of phenolic OH excluding ortho intramolecular Hbond substituents is 1. The van der Waals surface area contributed by atoms with Gasteiger partial charge in [-0.1, -0.05) is 23.2 Å². The van der Waals surface area contributed by atoms with Crippen LogP contribution in [-0.2, 0) is 4.79 Å². The van der Waals surface area contributed by atoms with E-state index in [1.165, 1.54) is 24.3 Å². The monoisotopic (exact) mass is 355 g/mol. The van der Waals surface area contributed by atoms with Crippen molar-refractivity contribution in [3.05, 3.63) is 52.0 Å². The van der Waals surface area contributed by atoms with Gasteiger partial charge in [0.1, 0.15) is 11.5 Å². The number of hydrogen-bond donors (Lipinski definition) is 3. The lowest BCUT2D eigenvalue weighted by atomic mass is 10.1. The van der Waals surface area contributed by atoms with Gasteiger partial charge in [0.2, 0.25) is 0 Å². The number of aromatic hydroxyl groups is 1. The van der Waals surface area contributed by atoms with Gasteiger partial charge in [0.25, 0.3) is 5.91 Å². The molecule has 0 radical (unpaired) electrons. The third-order valence-electron chi connectivity index (χ3n) is 2.76. The van der Waals surface area contributed by atoms with Gasteiger partial charge in [0.15, 0.2) is 6.61 Å². The highest BCUT2D eigenvalue weighted by atomic mass is 35.5. The van der Waals surface area contributed by atoms with Crippen LogP contribution in [0.2, 0.25) is 10.0 Å². The number of halogens is 2. The quantitative estimate of drug-likeness (QED) is 0.714. The molecule has 0 aromatic heterocycles. The molecule has 0 bridgehead atoms. The Kier molecular flexibility index (Phi) is 5.31. The summed E-state index contributed by atoms with van der Waals surface area (Å²) < 4.78 is 5.25. The number of carboxylic acid groups (broad SMARTS) is 1. The van der Waals surface area contributed by atoms with E-state index in [-0.39, 0.29) is 34.4 Å². The van der Waals surface area contributed by atoms with Crippen LogP contribution in [0.25, 0.3) is 0 Å². The molecule has 0 saturated heterocycles. The summed E-state index contributed by atoms with van der Waals surface area (Å²) in [6.45, 7) is -0.374. The van der Waals surface area contributed by atoms with Gasteiger partial charge >= 0.3 is 5.97 Å². The highest BCUT2D eigenvalue weighted by molar-refractivity contribution is 6.35. The van der Waals surface area contributed by atoms with E-state index in [0.717, 1.165) is 6.07 Å². The summed E-state index contributed by atoms with van der Waals surface area (Å²) in [5.41, 5.74) is -0.186. The highest BCUT2D eigenvalue weighted by Gasteiger charge is 2.14. The van der Waals surface area contributed by atoms with Crippen molar-refractivity contribution in [2.75, 3.05) is 11.9 Å². The predicted octanol–water partition coefficient (Wildman–Crippen LogP) is 3.41. The molecule has 2 rings (SSSR count). The molecule has 8 heteroatoms. The molecule has 0 saturated carbocycles. The molecule has 0 heterocycles. The Morgan fingerprint density at radius 2 is 1.87 bits per heavy atom. The van der Waals surface area contributed by atoms with Crippen LogP contribution in [0.1, 0.15) is 10.4 Å². The first-order chi connectivity index (χ1) is 10.9. The second kappa shape index (κ2) is 7.21. The molecule has 23 heavy (non-hydrogen) atoms. The average Bonchev–Trinajstić information content (AvgIpc) is 2.48. The van der Waals surface area contributed by atoms with Crippen molar-refractivity contribution in [3.8, 4) is 11.5 Å². The number of phenols is 1. The first-order valence-corrected chi connectivity index (χ1v) is 7.06. The van der Waals surface area contributed by atoms with Crippen molar-refractivity contribution in [1.82, 2.24) is 0 Å². The Balaban J connectivity index is 2.04.